The van der Waals surface area contributed by atoms with Crippen LogP contribution in [0.5, 0.6) is 5.75 Å². The van der Waals surface area contributed by atoms with Gasteiger partial charge in [0.25, 0.3) is 5.91 Å². The first kappa shape index (κ1) is 20.4. The van der Waals surface area contributed by atoms with Crippen LogP contribution < -0.4 is 20.5 Å². The highest BCUT2D eigenvalue weighted by Crippen LogP contribution is 2.46. The number of hydrogen-bond donors (Lipinski definition) is 5. The van der Waals surface area contributed by atoms with Crippen molar-refractivity contribution in [3.8, 4) is 11.8 Å². The molecule has 0 bridgehead atoms. The van der Waals surface area contributed by atoms with Crippen LogP contribution in [-0.4, -0.2) is 38.0 Å². The molecule has 2 aromatic rings. The average Bonchev–Trinajstić information content (AvgIpc) is 2.64. The Bertz CT molecular complexity index is 1030. The molecule has 0 unspecified atom stereocenters. The summed E-state index contributed by atoms with van der Waals surface area (Å²) in [5, 5.41) is 11.8. The maximum Gasteiger partial charge on any atom is 0.251 e. The fraction of sp³-hybridized carbons (Fsp3) is 0.222. The number of benzene rings is 1. The number of nitrogens with one attached hydrogen (secondary N) is 2. The third-order valence-electron chi connectivity index (χ3n) is 3.93. The molecular formula is C18H20N6O4S. The molecule has 2 heterocycles. The minimum absolute atomic E-state index is 0.0583. The molecule has 0 fully saturated rings. The second-order valence-corrected chi connectivity index (χ2v) is 8.37. The molecule has 0 saturated carbocycles. The molecule has 1 aromatic carbocycles. The number of ether oxygens (including phenoxy) is 1. The SMILES string of the molecule is CC(C)(COc1cccc2c1C(N)=NS(O)(O)N2)NC(=O)c1ccnc(C#N)c1. The normalized spacial score (nSPS) is 15.8. The van der Waals surface area contributed by atoms with Crippen LogP contribution in [0, 0.1) is 11.3 Å². The summed E-state index contributed by atoms with van der Waals surface area (Å²) in [7, 11) is -3.39. The van der Waals surface area contributed by atoms with E-state index in [4.69, 9.17) is 15.7 Å². The second-order valence-electron chi connectivity index (χ2n) is 6.94. The van der Waals surface area contributed by atoms with Crippen LogP contribution in [0.2, 0.25) is 0 Å². The van der Waals surface area contributed by atoms with Crippen LogP contribution in [0.1, 0.15) is 35.5 Å². The molecule has 0 saturated heterocycles. The molecule has 3 rings (SSSR count). The van der Waals surface area contributed by atoms with Gasteiger partial charge < -0.3 is 15.8 Å². The van der Waals surface area contributed by atoms with Gasteiger partial charge in [0.2, 0.25) is 0 Å². The zero-order valence-electron chi connectivity index (χ0n) is 15.7. The van der Waals surface area contributed by atoms with Gasteiger partial charge in [0, 0.05) is 11.8 Å². The van der Waals surface area contributed by atoms with Gasteiger partial charge in [-0.3, -0.25) is 18.6 Å². The van der Waals surface area contributed by atoms with Gasteiger partial charge >= 0.3 is 0 Å². The monoisotopic (exact) mass is 416 g/mol. The first-order chi connectivity index (χ1) is 13.6. The van der Waals surface area contributed by atoms with Crippen LogP contribution >= 0.6 is 11.0 Å². The van der Waals surface area contributed by atoms with Crippen molar-refractivity contribution >= 4 is 28.4 Å². The number of fused-ring (bicyclic) bond motifs is 1. The fourth-order valence-electron chi connectivity index (χ4n) is 2.66. The maximum atomic E-state index is 12.5. The van der Waals surface area contributed by atoms with Crippen LogP contribution in [0.25, 0.3) is 0 Å². The smallest absolute Gasteiger partial charge is 0.251 e. The van der Waals surface area contributed by atoms with E-state index in [1.54, 1.807) is 32.0 Å². The summed E-state index contributed by atoms with van der Waals surface area (Å²) in [6.45, 7) is 3.65. The van der Waals surface area contributed by atoms with E-state index in [0.717, 1.165) is 0 Å². The third kappa shape index (κ3) is 4.75. The van der Waals surface area contributed by atoms with E-state index in [1.165, 1.54) is 18.3 Å². The Morgan fingerprint density at radius 2 is 2.17 bits per heavy atom. The molecule has 0 spiro atoms. The summed E-state index contributed by atoms with van der Waals surface area (Å²) in [6, 6.07) is 9.77. The summed E-state index contributed by atoms with van der Waals surface area (Å²) in [5.74, 6) is -0.0505. The Morgan fingerprint density at radius 1 is 1.41 bits per heavy atom. The zero-order chi connectivity index (χ0) is 21.2. The minimum Gasteiger partial charge on any atom is -0.490 e. The molecule has 0 atom stereocenters. The molecule has 29 heavy (non-hydrogen) atoms. The zero-order valence-corrected chi connectivity index (χ0v) is 16.5. The number of carbonyl (C=O) groups is 1. The van der Waals surface area contributed by atoms with E-state index in [1.807, 2.05) is 6.07 Å². The molecule has 10 nitrogen and oxygen atoms in total. The highest BCUT2D eigenvalue weighted by molar-refractivity contribution is 8.24. The molecule has 1 aromatic heterocycles. The van der Waals surface area contributed by atoms with Crippen LogP contribution in [0.3, 0.4) is 0 Å². The summed E-state index contributed by atoms with van der Waals surface area (Å²) in [6.07, 6.45) is 1.40. The summed E-state index contributed by atoms with van der Waals surface area (Å²) < 4.78 is 31.5. The summed E-state index contributed by atoms with van der Waals surface area (Å²) in [5.41, 5.74) is 6.36. The van der Waals surface area contributed by atoms with Gasteiger partial charge in [-0.1, -0.05) is 6.07 Å². The predicted molar refractivity (Wildman–Crippen MR) is 110 cm³/mol. The molecule has 1 aliphatic rings. The summed E-state index contributed by atoms with van der Waals surface area (Å²) >= 11 is 0. The number of anilines is 1. The number of nitrogens with zero attached hydrogens (tertiary/aromatic N) is 3. The number of rotatable bonds is 5. The first-order valence-corrected chi connectivity index (χ1v) is 9.97. The number of amides is 1. The number of nitrogens with two attached hydrogens (primary N) is 1. The molecule has 152 valence electrons. The lowest BCUT2D eigenvalue weighted by Gasteiger charge is -2.34. The van der Waals surface area contributed by atoms with Gasteiger partial charge in [0.1, 0.15) is 24.1 Å². The largest absolute Gasteiger partial charge is 0.490 e. The Hall–Kier alpha value is -3.33. The van der Waals surface area contributed by atoms with E-state index in [-0.39, 0.29) is 24.0 Å². The quantitative estimate of drug-likeness (QED) is 0.495. The second kappa shape index (κ2) is 7.59. The Balaban J connectivity index is 1.73. The van der Waals surface area contributed by atoms with Crippen molar-refractivity contribution in [1.82, 2.24) is 10.3 Å². The van der Waals surface area contributed by atoms with Crippen molar-refractivity contribution in [2.75, 3.05) is 11.3 Å². The molecule has 1 aliphatic heterocycles. The van der Waals surface area contributed by atoms with Crippen LogP contribution in [0.15, 0.2) is 40.9 Å². The van der Waals surface area contributed by atoms with Crippen molar-refractivity contribution in [3.05, 3.63) is 53.3 Å². The van der Waals surface area contributed by atoms with Gasteiger partial charge in [0.15, 0.2) is 5.84 Å². The third-order valence-corrected chi connectivity index (χ3v) is 4.88. The topological polar surface area (TPSA) is 166 Å². The number of nitriles is 1. The van der Waals surface area contributed by atoms with Crippen molar-refractivity contribution in [2.45, 2.75) is 19.4 Å². The number of aromatic nitrogens is 1. The van der Waals surface area contributed by atoms with Gasteiger partial charge in [-0.05, 0) is 49.1 Å². The van der Waals surface area contributed by atoms with Gasteiger partial charge in [-0.2, -0.15) is 5.26 Å². The maximum absolute atomic E-state index is 12.5. The number of hydrogen-bond acceptors (Lipinski definition) is 9. The molecule has 0 aliphatic carbocycles. The lowest BCUT2D eigenvalue weighted by molar-refractivity contribution is 0.0880. The van der Waals surface area contributed by atoms with Crippen LogP contribution in [0.4, 0.5) is 5.69 Å². The number of carbonyl (C=O) groups excluding carboxylic acids is 1. The molecule has 6 N–H and O–H groups in total. The van der Waals surface area contributed by atoms with Gasteiger partial charge in [-0.15, -0.1) is 4.40 Å². The average molecular weight is 416 g/mol. The van der Waals surface area contributed by atoms with Crippen molar-refractivity contribution in [3.63, 3.8) is 0 Å². The van der Waals surface area contributed by atoms with E-state index < -0.39 is 16.5 Å². The lowest BCUT2D eigenvalue weighted by Crippen LogP contribution is -2.48. The molecular weight excluding hydrogens is 396 g/mol. The van der Waals surface area contributed by atoms with Crippen molar-refractivity contribution in [2.24, 2.45) is 10.1 Å². The van der Waals surface area contributed by atoms with E-state index in [2.05, 4.69) is 19.4 Å². The van der Waals surface area contributed by atoms with E-state index in [0.29, 0.717) is 22.6 Å². The van der Waals surface area contributed by atoms with Crippen LogP contribution in [-0.2, 0) is 0 Å². The Kier molecular flexibility index (Phi) is 5.34. The van der Waals surface area contributed by atoms with Crippen molar-refractivity contribution < 1.29 is 18.6 Å². The Morgan fingerprint density at radius 3 is 2.90 bits per heavy atom. The minimum atomic E-state index is -3.39. The van der Waals surface area contributed by atoms with E-state index in [9.17, 15) is 13.9 Å². The molecule has 0 radical (unpaired) electrons. The number of amidine groups is 1. The predicted octanol–water partition coefficient (Wildman–Crippen LogP) is 2.25. The highest BCUT2D eigenvalue weighted by atomic mass is 32.3. The summed E-state index contributed by atoms with van der Waals surface area (Å²) in [4.78, 5) is 16.3. The molecule has 1 amide bonds. The highest BCUT2D eigenvalue weighted by Gasteiger charge is 2.27. The molecule has 11 heteroatoms. The lowest BCUT2D eigenvalue weighted by atomic mass is 10.1. The Labute approximate surface area is 169 Å². The van der Waals surface area contributed by atoms with E-state index >= 15 is 0 Å². The standard InChI is InChI=1S/C18H20N6O4S/c1-18(2,22-17(25)11-6-7-21-12(8-11)9-19)10-28-14-5-3-4-13-15(14)16(20)24-29(26,27)23-13/h3-8,23,26-27H,10H2,1-2H3,(H2,20,24)(H,22,25). The number of pyridine rings is 1. The first-order valence-electron chi connectivity index (χ1n) is 8.46. The van der Waals surface area contributed by atoms with Crippen molar-refractivity contribution in [1.29, 1.82) is 5.26 Å². The van der Waals surface area contributed by atoms with Gasteiger partial charge in [0.05, 0.1) is 16.8 Å². The fourth-order valence-corrected chi connectivity index (χ4v) is 3.54. The van der Waals surface area contributed by atoms with Gasteiger partial charge in [-0.25, -0.2) is 4.98 Å².